The zero-order valence-corrected chi connectivity index (χ0v) is 13.1. The second kappa shape index (κ2) is 7.08. The summed E-state index contributed by atoms with van der Waals surface area (Å²) >= 11 is 0. The molecule has 6 nitrogen and oxygen atoms in total. The summed E-state index contributed by atoms with van der Waals surface area (Å²) in [6.45, 7) is 5.06. The first-order valence-electron chi connectivity index (χ1n) is 7.22. The van der Waals surface area contributed by atoms with Crippen molar-refractivity contribution >= 4 is 17.4 Å². The topological polar surface area (TPSA) is 66.2 Å². The monoisotopic (exact) mass is 289 g/mol. The summed E-state index contributed by atoms with van der Waals surface area (Å²) in [6.07, 6.45) is 1.07. The Kier molecular flexibility index (Phi) is 5.16. The third-order valence-corrected chi connectivity index (χ3v) is 3.14. The van der Waals surface area contributed by atoms with Crippen molar-refractivity contribution in [3.63, 3.8) is 0 Å². The van der Waals surface area contributed by atoms with Crippen molar-refractivity contribution in [1.29, 1.82) is 0 Å². The Hall–Kier alpha value is -2.08. The molecule has 0 bridgehead atoms. The Bertz CT molecular complexity index is 567. The van der Waals surface area contributed by atoms with Crippen LogP contribution in [-0.4, -0.2) is 30.8 Å². The van der Waals surface area contributed by atoms with Gasteiger partial charge in [0.25, 0.3) is 0 Å². The Balaban J connectivity index is 2.09. The lowest BCUT2D eigenvalue weighted by atomic mass is 10.2. The molecule has 0 aliphatic carbocycles. The summed E-state index contributed by atoms with van der Waals surface area (Å²) in [5, 5.41) is 14.6. The van der Waals surface area contributed by atoms with Gasteiger partial charge in [-0.15, -0.1) is 5.10 Å². The smallest absolute Gasteiger partial charge is 0.320 e. The van der Waals surface area contributed by atoms with Gasteiger partial charge in [0, 0.05) is 14.1 Å². The van der Waals surface area contributed by atoms with Crippen LogP contribution in [0.15, 0.2) is 28.7 Å². The largest absolute Gasteiger partial charge is 0.406 e. The Morgan fingerprint density at radius 3 is 2.71 bits per heavy atom. The number of para-hydroxylation sites is 2. The summed E-state index contributed by atoms with van der Waals surface area (Å²) in [7, 11) is 3.99. The minimum atomic E-state index is 0.0529. The molecule has 1 heterocycles. The van der Waals surface area contributed by atoms with Crippen LogP contribution in [0.2, 0.25) is 0 Å². The maximum Gasteiger partial charge on any atom is 0.320 e. The molecule has 0 aliphatic rings. The minimum Gasteiger partial charge on any atom is -0.406 e. The maximum absolute atomic E-state index is 5.67. The third-order valence-electron chi connectivity index (χ3n) is 3.14. The number of hydrogen-bond acceptors (Lipinski definition) is 6. The molecule has 0 saturated carbocycles. The van der Waals surface area contributed by atoms with E-state index < -0.39 is 0 Å². The molecule has 0 radical (unpaired) electrons. The van der Waals surface area contributed by atoms with Gasteiger partial charge in [0.15, 0.2) is 0 Å². The normalized spacial score (nSPS) is 12.2. The van der Waals surface area contributed by atoms with Gasteiger partial charge in [-0.3, -0.25) is 0 Å². The van der Waals surface area contributed by atoms with Crippen LogP contribution in [-0.2, 0) is 0 Å². The molecular weight excluding hydrogens is 266 g/mol. The van der Waals surface area contributed by atoms with Crippen molar-refractivity contribution in [3.05, 3.63) is 30.2 Å². The number of anilines is 3. The molecule has 0 spiro atoms. The summed E-state index contributed by atoms with van der Waals surface area (Å²) < 4.78 is 5.67. The Morgan fingerprint density at radius 2 is 2.00 bits per heavy atom. The van der Waals surface area contributed by atoms with Crippen LogP contribution >= 0.6 is 0 Å². The molecule has 2 aromatic rings. The maximum atomic E-state index is 5.67. The van der Waals surface area contributed by atoms with Crippen molar-refractivity contribution in [1.82, 2.24) is 15.5 Å². The summed E-state index contributed by atoms with van der Waals surface area (Å²) in [5.74, 6) is 0.591. The highest BCUT2D eigenvalue weighted by Crippen LogP contribution is 2.27. The van der Waals surface area contributed by atoms with Gasteiger partial charge in [-0.1, -0.05) is 24.2 Å². The summed E-state index contributed by atoms with van der Waals surface area (Å²) in [6, 6.07) is 8.44. The van der Waals surface area contributed by atoms with E-state index in [1.165, 1.54) is 0 Å². The van der Waals surface area contributed by atoms with E-state index in [1.54, 1.807) is 0 Å². The molecule has 0 fully saturated rings. The van der Waals surface area contributed by atoms with Crippen LogP contribution in [0.3, 0.4) is 0 Å². The second-order valence-electron chi connectivity index (χ2n) is 5.16. The van der Waals surface area contributed by atoms with Crippen molar-refractivity contribution in [2.75, 3.05) is 30.9 Å². The first kappa shape index (κ1) is 15.3. The molecule has 1 atom stereocenters. The van der Waals surface area contributed by atoms with Crippen molar-refractivity contribution in [2.45, 2.75) is 26.3 Å². The van der Waals surface area contributed by atoms with E-state index in [0.29, 0.717) is 11.9 Å². The van der Waals surface area contributed by atoms with Gasteiger partial charge in [-0.25, -0.2) is 0 Å². The van der Waals surface area contributed by atoms with Gasteiger partial charge in [0.2, 0.25) is 5.89 Å². The molecule has 1 aromatic heterocycles. The molecule has 114 valence electrons. The van der Waals surface area contributed by atoms with E-state index in [9.17, 15) is 0 Å². The quantitative estimate of drug-likeness (QED) is 0.817. The number of aromatic nitrogens is 2. The highest BCUT2D eigenvalue weighted by molar-refractivity contribution is 5.72. The summed E-state index contributed by atoms with van der Waals surface area (Å²) in [4.78, 5) is 2.03. The molecule has 0 aliphatic heterocycles. The van der Waals surface area contributed by atoms with Crippen LogP contribution in [0.5, 0.6) is 0 Å². The highest BCUT2D eigenvalue weighted by Gasteiger charge is 2.14. The minimum absolute atomic E-state index is 0.0529. The number of nitrogens with one attached hydrogen (secondary N) is 2. The fraction of sp³-hybridized carbons (Fsp3) is 0.467. The third kappa shape index (κ3) is 3.95. The van der Waals surface area contributed by atoms with E-state index in [1.807, 2.05) is 50.2 Å². The van der Waals surface area contributed by atoms with Gasteiger partial charge in [-0.05, 0) is 32.0 Å². The van der Waals surface area contributed by atoms with E-state index in [0.717, 1.165) is 24.3 Å². The zero-order valence-electron chi connectivity index (χ0n) is 13.1. The number of rotatable bonds is 7. The predicted octanol–water partition coefficient (Wildman–Crippen LogP) is 2.94. The first-order valence-corrected chi connectivity index (χ1v) is 7.22. The van der Waals surface area contributed by atoms with Crippen LogP contribution in [0.1, 0.15) is 32.2 Å². The molecule has 21 heavy (non-hydrogen) atoms. The highest BCUT2D eigenvalue weighted by atomic mass is 16.4. The van der Waals surface area contributed by atoms with Crippen LogP contribution < -0.4 is 15.5 Å². The first-order chi connectivity index (χ1) is 10.1. The number of hydrogen-bond donors (Lipinski definition) is 2. The average Bonchev–Trinajstić information content (AvgIpc) is 2.93. The zero-order chi connectivity index (χ0) is 15.2. The van der Waals surface area contributed by atoms with E-state index in [4.69, 9.17) is 4.42 Å². The lowest BCUT2D eigenvalue weighted by Crippen LogP contribution is -2.19. The average molecular weight is 289 g/mol. The van der Waals surface area contributed by atoms with Crippen LogP contribution in [0, 0.1) is 0 Å². The fourth-order valence-corrected chi connectivity index (χ4v) is 1.99. The number of benzene rings is 1. The van der Waals surface area contributed by atoms with Crippen molar-refractivity contribution in [3.8, 4) is 0 Å². The molecule has 0 saturated heterocycles. The molecule has 6 heteroatoms. The van der Waals surface area contributed by atoms with Gasteiger partial charge >= 0.3 is 6.01 Å². The second-order valence-corrected chi connectivity index (χ2v) is 5.16. The van der Waals surface area contributed by atoms with E-state index in [-0.39, 0.29) is 6.04 Å². The van der Waals surface area contributed by atoms with Crippen molar-refractivity contribution < 1.29 is 4.42 Å². The van der Waals surface area contributed by atoms with Gasteiger partial charge in [-0.2, -0.15) is 0 Å². The SMILES string of the molecule is CCCNC(C)c1nnc(Nc2ccccc2N(C)C)o1. The Labute approximate surface area is 125 Å². The molecular formula is C15H23N5O. The molecule has 0 amide bonds. The molecule has 1 unspecified atom stereocenters. The lowest BCUT2D eigenvalue weighted by molar-refractivity contribution is 0.424. The van der Waals surface area contributed by atoms with Gasteiger partial charge in [0.05, 0.1) is 17.4 Å². The molecule has 2 rings (SSSR count). The van der Waals surface area contributed by atoms with Crippen LogP contribution in [0.4, 0.5) is 17.4 Å². The van der Waals surface area contributed by atoms with Gasteiger partial charge < -0.3 is 20.0 Å². The molecule has 1 aromatic carbocycles. The molecule has 2 N–H and O–H groups in total. The number of nitrogens with zero attached hydrogens (tertiary/aromatic N) is 3. The lowest BCUT2D eigenvalue weighted by Gasteiger charge is -2.16. The van der Waals surface area contributed by atoms with E-state index in [2.05, 4.69) is 27.8 Å². The predicted molar refractivity (Wildman–Crippen MR) is 85.1 cm³/mol. The Morgan fingerprint density at radius 1 is 1.24 bits per heavy atom. The standard InChI is InChI=1S/C15H23N5O/c1-5-10-16-11(2)14-18-19-15(21-14)17-12-8-6-7-9-13(12)20(3)4/h6-9,11,16H,5,10H2,1-4H3,(H,17,19). The van der Waals surface area contributed by atoms with Crippen molar-refractivity contribution in [2.24, 2.45) is 0 Å². The summed E-state index contributed by atoms with van der Waals surface area (Å²) in [5.41, 5.74) is 2.00. The van der Waals surface area contributed by atoms with E-state index >= 15 is 0 Å². The fourth-order valence-electron chi connectivity index (χ4n) is 1.99. The van der Waals surface area contributed by atoms with Gasteiger partial charge in [0.1, 0.15) is 0 Å². The van der Waals surface area contributed by atoms with Crippen LogP contribution in [0.25, 0.3) is 0 Å².